The molecule has 2 unspecified atom stereocenters. The van der Waals surface area contributed by atoms with Gasteiger partial charge in [0.2, 0.25) is 0 Å². The van der Waals surface area contributed by atoms with E-state index in [2.05, 4.69) is 56.1 Å². The van der Waals surface area contributed by atoms with Crippen molar-refractivity contribution in [2.45, 2.75) is 77.6 Å². The number of likely N-dealkylation sites (tertiary alicyclic amines) is 1. The van der Waals surface area contributed by atoms with Gasteiger partial charge in [-0.1, -0.05) is 52.3 Å². The molecular formula is C26H53ClN2O5. The van der Waals surface area contributed by atoms with E-state index in [0.717, 1.165) is 32.0 Å². The van der Waals surface area contributed by atoms with Crippen LogP contribution in [-0.2, 0) is 0 Å². The summed E-state index contributed by atoms with van der Waals surface area (Å²) in [7, 11) is 0. The van der Waals surface area contributed by atoms with E-state index in [1.54, 1.807) is 0 Å². The molecule has 0 radical (unpaired) electrons. The van der Waals surface area contributed by atoms with Crippen molar-refractivity contribution in [3.05, 3.63) is 23.8 Å². The number of aliphatic hydroxyl groups is 1. The summed E-state index contributed by atoms with van der Waals surface area (Å²) in [5.74, 6) is 2.53. The van der Waals surface area contributed by atoms with E-state index in [4.69, 9.17) is 11.6 Å². The van der Waals surface area contributed by atoms with Crippen LogP contribution in [0, 0.1) is 29.1 Å². The van der Waals surface area contributed by atoms with Gasteiger partial charge in [-0.3, -0.25) is 0 Å². The van der Waals surface area contributed by atoms with Gasteiger partial charge >= 0.3 is 0 Å². The van der Waals surface area contributed by atoms with Gasteiger partial charge in [0.1, 0.15) is 0 Å². The van der Waals surface area contributed by atoms with Crippen LogP contribution in [0.1, 0.15) is 66.2 Å². The van der Waals surface area contributed by atoms with E-state index in [0.29, 0.717) is 30.4 Å². The molecule has 5 atom stereocenters. The van der Waals surface area contributed by atoms with Crippen molar-refractivity contribution < 1.29 is 27.0 Å². The van der Waals surface area contributed by atoms with Gasteiger partial charge in [-0.05, 0) is 79.9 Å². The third-order valence-corrected chi connectivity index (χ3v) is 8.19. The number of allylic oxidation sites excluding steroid dienone is 4. The molecule has 8 heteroatoms. The van der Waals surface area contributed by atoms with Crippen LogP contribution in [0.25, 0.3) is 0 Å². The highest BCUT2D eigenvalue weighted by molar-refractivity contribution is 6.22. The molecule has 10 N–H and O–H groups in total. The second-order valence-electron chi connectivity index (χ2n) is 11.2. The molecule has 1 saturated carbocycles. The third-order valence-electron chi connectivity index (χ3n) is 7.86. The normalized spacial score (nSPS) is 29.6. The van der Waals surface area contributed by atoms with Crippen molar-refractivity contribution in [3.8, 4) is 0 Å². The molecule has 0 bridgehead atoms. The average molecular weight is 509 g/mol. The van der Waals surface area contributed by atoms with Crippen molar-refractivity contribution in [1.29, 1.82) is 0 Å². The Hall–Kier alpha value is -0.510. The van der Waals surface area contributed by atoms with Gasteiger partial charge in [0.15, 0.2) is 0 Å². The lowest BCUT2D eigenvalue weighted by Gasteiger charge is -2.46. The van der Waals surface area contributed by atoms with Crippen LogP contribution in [0.3, 0.4) is 0 Å². The van der Waals surface area contributed by atoms with Crippen molar-refractivity contribution in [3.63, 3.8) is 0 Å². The lowest BCUT2D eigenvalue weighted by atomic mass is 9.69. The number of hydrogen-bond acceptors (Lipinski definition) is 3. The van der Waals surface area contributed by atoms with Gasteiger partial charge in [-0.15, -0.1) is 11.6 Å². The Morgan fingerprint density at radius 2 is 1.79 bits per heavy atom. The van der Waals surface area contributed by atoms with Crippen LogP contribution in [-0.4, -0.2) is 76.1 Å². The Balaban J connectivity index is 0. The highest BCUT2D eigenvalue weighted by Crippen LogP contribution is 2.41. The van der Waals surface area contributed by atoms with Crippen molar-refractivity contribution in [1.82, 2.24) is 10.2 Å². The molecular weight excluding hydrogens is 456 g/mol. The number of alkyl halides is 1. The molecule has 2 fully saturated rings. The Labute approximate surface area is 212 Å². The molecule has 204 valence electrons. The molecule has 3 rings (SSSR count). The number of piperidine rings is 1. The van der Waals surface area contributed by atoms with Gasteiger partial charge in [0, 0.05) is 25.7 Å². The maximum Gasteiger partial charge on any atom is 0.0553 e. The van der Waals surface area contributed by atoms with E-state index >= 15 is 0 Å². The second-order valence-corrected chi connectivity index (χ2v) is 11.8. The number of rotatable bonds is 8. The molecule has 1 saturated heterocycles. The molecule has 3 aliphatic rings. The second kappa shape index (κ2) is 16.3. The van der Waals surface area contributed by atoms with E-state index in [1.807, 2.05) is 0 Å². The number of nitrogens with zero attached hydrogens (tertiary/aromatic N) is 1. The predicted octanol–water partition coefficient (Wildman–Crippen LogP) is 1.94. The first kappa shape index (κ1) is 35.7. The standard InChI is InChI=1S/C26H45ClN2O.4H2O/c1-19(2)25(28-15-20-6-5-7-21(14-20)17-30)16-29-13-12-24(26(3,4)18-29)22-8-10-23(27)11-9-22;;;;/h8-10,19-21,23-25,28,30H,5-7,11-18H2,1-4H3;4*1H2/t20-,21+,23?,24?,25+;;;;/m1..../s1. The van der Waals surface area contributed by atoms with E-state index < -0.39 is 0 Å². The van der Waals surface area contributed by atoms with Crippen LogP contribution in [0.2, 0.25) is 0 Å². The van der Waals surface area contributed by atoms with Gasteiger partial charge in [0.25, 0.3) is 0 Å². The molecule has 0 aromatic rings. The summed E-state index contributed by atoms with van der Waals surface area (Å²) in [6, 6.07) is 0.539. The summed E-state index contributed by atoms with van der Waals surface area (Å²) in [5.41, 5.74) is 1.79. The molecule has 0 aromatic carbocycles. The summed E-state index contributed by atoms with van der Waals surface area (Å²) in [6.45, 7) is 14.6. The first-order valence-corrected chi connectivity index (χ1v) is 12.8. The third kappa shape index (κ3) is 9.86. The number of halogens is 1. The fraction of sp³-hybridized carbons (Fsp3) is 0.846. The lowest BCUT2D eigenvalue weighted by Crippen LogP contribution is -2.52. The SMILES string of the molecule is CC(C)[C@H](CN1CCC(C2=CCC(Cl)C=C2)C(C)(C)C1)NC[C@@H]1CCC[C@H](CO)C1.O.O.O.O. The average Bonchev–Trinajstić information content (AvgIpc) is 2.71. The van der Waals surface area contributed by atoms with E-state index in [9.17, 15) is 5.11 Å². The molecule has 0 aromatic heterocycles. The lowest BCUT2D eigenvalue weighted by molar-refractivity contribution is 0.0619. The van der Waals surface area contributed by atoms with Gasteiger partial charge in [-0.2, -0.15) is 0 Å². The molecule has 7 nitrogen and oxygen atoms in total. The maximum absolute atomic E-state index is 9.53. The van der Waals surface area contributed by atoms with Crippen LogP contribution in [0.4, 0.5) is 0 Å². The van der Waals surface area contributed by atoms with E-state index in [-0.39, 0.29) is 32.7 Å². The smallest absolute Gasteiger partial charge is 0.0553 e. The highest BCUT2D eigenvalue weighted by Gasteiger charge is 2.38. The summed E-state index contributed by atoms with van der Waals surface area (Å²) in [4.78, 5) is 2.70. The van der Waals surface area contributed by atoms with Gasteiger partial charge in [-0.25, -0.2) is 0 Å². The van der Waals surface area contributed by atoms with Crippen LogP contribution >= 0.6 is 11.6 Å². The van der Waals surface area contributed by atoms with Crippen LogP contribution in [0.15, 0.2) is 23.8 Å². The van der Waals surface area contributed by atoms with Crippen LogP contribution in [0.5, 0.6) is 0 Å². The van der Waals surface area contributed by atoms with Gasteiger partial charge < -0.3 is 37.2 Å². The van der Waals surface area contributed by atoms with Gasteiger partial charge in [0.05, 0.1) is 5.38 Å². The zero-order chi connectivity index (χ0) is 21.7. The van der Waals surface area contributed by atoms with Crippen LogP contribution < -0.4 is 5.32 Å². The number of aliphatic hydroxyl groups excluding tert-OH is 1. The zero-order valence-corrected chi connectivity index (χ0v) is 22.5. The minimum atomic E-state index is 0. The number of nitrogens with one attached hydrogen (secondary N) is 1. The Morgan fingerprint density at radius 1 is 1.12 bits per heavy atom. The fourth-order valence-corrected chi connectivity index (χ4v) is 6.13. The molecule has 2 aliphatic carbocycles. The summed E-state index contributed by atoms with van der Waals surface area (Å²) >= 11 is 6.25. The van der Waals surface area contributed by atoms with Crippen molar-refractivity contribution in [2.75, 3.05) is 32.8 Å². The monoisotopic (exact) mass is 508 g/mol. The topological polar surface area (TPSA) is 162 Å². The Kier molecular flexibility index (Phi) is 17.1. The molecule has 1 aliphatic heterocycles. The minimum Gasteiger partial charge on any atom is -0.412 e. The first-order valence-electron chi connectivity index (χ1n) is 12.4. The van der Waals surface area contributed by atoms with Crippen molar-refractivity contribution >= 4 is 11.6 Å². The molecule has 0 amide bonds. The summed E-state index contributed by atoms with van der Waals surface area (Å²) < 4.78 is 0. The zero-order valence-electron chi connectivity index (χ0n) is 21.7. The highest BCUT2D eigenvalue weighted by atomic mass is 35.5. The Bertz CT molecular complexity index is 614. The minimum absolute atomic E-state index is 0. The van der Waals surface area contributed by atoms with Crippen molar-refractivity contribution in [2.24, 2.45) is 29.1 Å². The quantitative estimate of drug-likeness (QED) is 0.480. The summed E-state index contributed by atoms with van der Waals surface area (Å²) in [5, 5.41) is 13.6. The number of hydrogen-bond donors (Lipinski definition) is 2. The molecule has 0 spiro atoms. The molecule has 34 heavy (non-hydrogen) atoms. The largest absolute Gasteiger partial charge is 0.412 e. The van der Waals surface area contributed by atoms with E-state index in [1.165, 1.54) is 44.2 Å². The fourth-order valence-electron chi connectivity index (χ4n) is 5.97. The summed E-state index contributed by atoms with van der Waals surface area (Å²) in [6.07, 6.45) is 14.0. The first-order chi connectivity index (χ1) is 14.3. The maximum atomic E-state index is 9.53. The molecule has 1 heterocycles. The Morgan fingerprint density at radius 3 is 2.35 bits per heavy atom. The predicted molar refractivity (Wildman–Crippen MR) is 143 cm³/mol.